The lowest BCUT2D eigenvalue weighted by molar-refractivity contribution is -0.0820. The molecule has 3 rings (SSSR count). The molecule has 290 valence electrons. The van der Waals surface area contributed by atoms with Gasteiger partial charge in [0.25, 0.3) is 8.53 Å². The van der Waals surface area contributed by atoms with E-state index in [1.54, 1.807) is 20.3 Å². The zero-order chi connectivity index (χ0) is 38.5. The van der Waals surface area contributed by atoms with Crippen LogP contribution in [0.2, 0.25) is 0 Å². The molecule has 0 aliphatic heterocycles. The smallest absolute Gasteiger partial charge is 0.259 e. The molecule has 3 aromatic carbocycles. The van der Waals surface area contributed by atoms with Crippen molar-refractivity contribution in [2.75, 3.05) is 67.1 Å². The van der Waals surface area contributed by atoms with Crippen molar-refractivity contribution in [3.05, 3.63) is 108 Å². The van der Waals surface area contributed by atoms with Crippen LogP contribution >= 0.6 is 8.53 Å². The molecule has 0 amide bonds. The van der Waals surface area contributed by atoms with E-state index < -0.39 is 14.1 Å². The molecule has 0 aromatic heterocycles. The molecule has 0 N–H and O–H groups in total. The maximum absolute atomic E-state index is 9.02. The van der Waals surface area contributed by atoms with Gasteiger partial charge >= 0.3 is 0 Å². The third-order valence-electron chi connectivity index (χ3n) is 8.31. The average Bonchev–Trinajstić information content (AvgIpc) is 3.17. The van der Waals surface area contributed by atoms with Crippen LogP contribution in [0, 0.1) is 17.2 Å². The number of hydrogen-bond donors (Lipinski definition) is 0. The number of rotatable bonds is 27. The lowest BCUT2D eigenvalue weighted by Crippen LogP contribution is -2.35. The van der Waals surface area contributed by atoms with Gasteiger partial charge in [0.05, 0.1) is 79.6 Å². The Kier molecular flexibility index (Phi) is 20.0. The molecule has 0 spiro atoms. The Balaban J connectivity index is 1.69. The fourth-order valence-corrected chi connectivity index (χ4v) is 7.55. The molecule has 53 heavy (non-hydrogen) atoms. The molecule has 0 fully saturated rings. The number of methoxy groups -OCH3 is 2. The summed E-state index contributed by atoms with van der Waals surface area (Å²) in [6.45, 7) is 17.3. The minimum absolute atomic E-state index is 0.0754. The summed E-state index contributed by atoms with van der Waals surface area (Å²) in [5, 5.41) is 9.02. The predicted octanol–water partition coefficient (Wildman–Crippen LogP) is 8.55. The molecule has 0 saturated carbocycles. The fraction of sp³-hybridized carbons (Fsp3) is 0.500. The van der Waals surface area contributed by atoms with Crippen molar-refractivity contribution in [2.45, 2.75) is 64.8 Å². The summed E-state index contributed by atoms with van der Waals surface area (Å²) < 4.78 is 50.7. The maximum Gasteiger partial charge on any atom is 0.259 e. The first kappa shape index (κ1) is 44.0. The van der Waals surface area contributed by atoms with E-state index in [4.69, 9.17) is 42.7 Å². The SMILES string of the molecule is C=CCOCC(COCCOC(c1ccccc1)(c1ccc(OC)cc1)c1ccc(OC)cc1)OCC(C)COP(OCCC#N)N(C(C)C)C(C)C. The van der Waals surface area contributed by atoms with Crippen LogP contribution in [0.3, 0.4) is 0 Å². The maximum atomic E-state index is 9.02. The van der Waals surface area contributed by atoms with E-state index in [9.17, 15) is 0 Å². The highest BCUT2D eigenvalue weighted by molar-refractivity contribution is 7.44. The normalized spacial score (nSPS) is 13.5. The van der Waals surface area contributed by atoms with Gasteiger partial charge in [0, 0.05) is 18.0 Å². The number of benzene rings is 3. The average molecular weight is 751 g/mol. The van der Waals surface area contributed by atoms with E-state index in [0.29, 0.717) is 59.3 Å². The van der Waals surface area contributed by atoms with Crippen molar-refractivity contribution in [1.82, 2.24) is 4.67 Å². The summed E-state index contributed by atoms with van der Waals surface area (Å²) in [6, 6.07) is 28.7. The summed E-state index contributed by atoms with van der Waals surface area (Å²) >= 11 is 0. The molecule has 3 aromatic rings. The number of hydrogen-bond acceptors (Lipinski definition) is 10. The summed E-state index contributed by atoms with van der Waals surface area (Å²) in [4.78, 5) is 0. The van der Waals surface area contributed by atoms with Gasteiger partial charge in [0.15, 0.2) is 0 Å². The largest absolute Gasteiger partial charge is 0.497 e. The van der Waals surface area contributed by atoms with Gasteiger partial charge < -0.3 is 37.5 Å². The molecular weight excluding hydrogens is 691 g/mol. The van der Waals surface area contributed by atoms with Crippen molar-refractivity contribution in [3.8, 4) is 17.6 Å². The summed E-state index contributed by atoms with van der Waals surface area (Å²) in [6.07, 6.45) is 1.72. The second kappa shape index (κ2) is 24.1. The van der Waals surface area contributed by atoms with E-state index in [2.05, 4.69) is 64.1 Å². The van der Waals surface area contributed by atoms with E-state index in [1.165, 1.54) is 0 Å². The summed E-state index contributed by atoms with van der Waals surface area (Å²) in [7, 11) is 1.99. The monoisotopic (exact) mass is 750 g/mol. The van der Waals surface area contributed by atoms with Crippen LogP contribution in [0.25, 0.3) is 0 Å². The Hall–Kier alpha value is -3.36. The van der Waals surface area contributed by atoms with Crippen LogP contribution in [-0.4, -0.2) is 89.9 Å². The van der Waals surface area contributed by atoms with Crippen LogP contribution in [0.4, 0.5) is 0 Å². The first-order valence-electron chi connectivity index (χ1n) is 18.3. The zero-order valence-electron chi connectivity index (χ0n) is 32.6. The molecule has 3 atom stereocenters. The van der Waals surface area contributed by atoms with Gasteiger partial charge in [0.1, 0.15) is 23.2 Å². The van der Waals surface area contributed by atoms with Crippen LogP contribution in [0.5, 0.6) is 11.5 Å². The van der Waals surface area contributed by atoms with Crippen LogP contribution in [0.1, 0.15) is 57.7 Å². The van der Waals surface area contributed by atoms with Gasteiger partial charge in [-0.1, -0.05) is 67.6 Å². The van der Waals surface area contributed by atoms with Crippen molar-refractivity contribution in [1.29, 1.82) is 5.26 Å². The van der Waals surface area contributed by atoms with Crippen LogP contribution < -0.4 is 9.47 Å². The van der Waals surface area contributed by atoms with Crippen molar-refractivity contribution >= 4 is 8.53 Å². The standard InChI is InChI=1S/C42H59N2O8P/c1-9-25-47-31-41(49-29-35(6)30-52-53(51-26-13-24-43)44(33(2)3)34(4)5)32-48-27-28-50-42(36-14-11-10-12-15-36,37-16-20-39(45-7)21-17-37)38-18-22-40(46-8)23-19-38/h9-12,14-23,33-35,41H,1,13,25-32H2,2-8H3. The molecule has 0 bridgehead atoms. The first-order chi connectivity index (χ1) is 25.7. The summed E-state index contributed by atoms with van der Waals surface area (Å²) in [5.74, 6) is 1.60. The minimum Gasteiger partial charge on any atom is -0.497 e. The molecule has 0 saturated heterocycles. The quantitative estimate of drug-likeness (QED) is 0.0326. The second-order valence-corrected chi connectivity index (χ2v) is 14.6. The van der Waals surface area contributed by atoms with Crippen molar-refractivity contribution in [3.63, 3.8) is 0 Å². The van der Waals surface area contributed by atoms with Gasteiger partial charge in [-0.05, 0) is 68.7 Å². The molecule has 0 aliphatic rings. The highest BCUT2D eigenvalue weighted by atomic mass is 31.2. The Morgan fingerprint density at radius 1 is 0.717 bits per heavy atom. The van der Waals surface area contributed by atoms with Crippen molar-refractivity contribution < 1.29 is 37.5 Å². The number of nitrogens with zero attached hydrogens (tertiary/aromatic N) is 2. The molecule has 10 nitrogen and oxygen atoms in total. The van der Waals surface area contributed by atoms with E-state index >= 15 is 0 Å². The second-order valence-electron chi connectivity index (χ2n) is 13.2. The molecule has 3 unspecified atom stereocenters. The molecule has 0 heterocycles. The Bertz CT molecular complexity index is 1410. The third kappa shape index (κ3) is 13.8. The number of ether oxygens (including phenoxy) is 6. The van der Waals surface area contributed by atoms with Gasteiger partial charge in [-0.2, -0.15) is 5.26 Å². The summed E-state index contributed by atoms with van der Waals surface area (Å²) in [5.41, 5.74) is 1.96. The molecule has 11 heteroatoms. The lowest BCUT2D eigenvalue weighted by atomic mass is 9.80. The lowest BCUT2D eigenvalue weighted by Gasteiger charge is -2.36. The third-order valence-corrected chi connectivity index (χ3v) is 10.4. The number of nitriles is 1. The van der Waals surface area contributed by atoms with E-state index in [1.807, 2.05) is 66.7 Å². The predicted molar refractivity (Wildman–Crippen MR) is 210 cm³/mol. The van der Waals surface area contributed by atoms with Gasteiger partial charge in [-0.3, -0.25) is 0 Å². The van der Waals surface area contributed by atoms with Crippen LogP contribution in [0.15, 0.2) is 91.5 Å². The molecular formula is C42H59N2O8P. The Morgan fingerprint density at radius 3 is 1.81 bits per heavy atom. The fourth-order valence-electron chi connectivity index (χ4n) is 5.82. The highest BCUT2D eigenvalue weighted by Crippen LogP contribution is 2.46. The molecule has 0 radical (unpaired) electrons. The van der Waals surface area contributed by atoms with Gasteiger partial charge in [0.2, 0.25) is 0 Å². The van der Waals surface area contributed by atoms with Gasteiger partial charge in [-0.15, -0.1) is 6.58 Å². The highest BCUT2D eigenvalue weighted by Gasteiger charge is 2.38. The first-order valence-corrected chi connectivity index (χ1v) is 19.4. The van der Waals surface area contributed by atoms with Gasteiger partial charge in [-0.25, -0.2) is 4.67 Å². The van der Waals surface area contributed by atoms with E-state index in [0.717, 1.165) is 28.2 Å². The Morgan fingerprint density at radius 2 is 1.28 bits per heavy atom. The minimum atomic E-state index is -1.32. The topological polar surface area (TPSA) is 101 Å². The zero-order valence-corrected chi connectivity index (χ0v) is 33.5. The Labute approximate surface area is 318 Å². The molecule has 0 aliphatic carbocycles. The van der Waals surface area contributed by atoms with E-state index in [-0.39, 0.29) is 24.1 Å². The van der Waals surface area contributed by atoms with Crippen molar-refractivity contribution in [2.24, 2.45) is 5.92 Å². The van der Waals surface area contributed by atoms with Crippen LogP contribution in [-0.2, 0) is 33.6 Å².